The lowest BCUT2D eigenvalue weighted by Crippen LogP contribution is -2.23. The summed E-state index contributed by atoms with van der Waals surface area (Å²) < 4.78 is 86.4. The molecule has 0 heterocycles. The van der Waals surface area contributed by atoms with E-state index in [1.807, 2.05) is 0 Å². The third kappa shape index (κ3) is 2.11. The van der Waals surface area contributed by atoms with Crippen LogP contribution in [-0.4, -0.2) is 11.3 Å². The van der Waals surface area contributed by atoms with Crippen LogP contribution in [-0.2, 0) is 0 Å². The van der Waals surface area contributed by atoms with Gasteiger partial charge in [0.25, 0.3) is 0 Å². The molecule has 0 saturated heterocycles. The van der Waals surface area contributed by atoms with Crippen molar-refractivity contribution in [2.75, 3.05) is 0 Å². The number of rotatable bonds is 1. The van der Waals surface area contributed by atoms with Crippen LogP contribution in [0.1, 0.15) is 11.7 Å². The summed E-state index contributed by atoms with van der Waals surface area (Å²) in [6.45, 7) is 0. The molecule has 1 nitrogen and oxygen atoms in total. The number of alkyl halides is 3. The Bertz CT molecular complexity index is 386. The SMILES string of the molecule is O[C@@H](c1c(F)c(F)cc(F)c1F)C(F)(F)F. The predicted octanol–water partition coefficient (Wildman–Crippen LogP) is 2.84. The van der Waals surface area contributed by atoms with E-state index >= 15 is 0 Å². The molecule has 0 aromatic heterocycles. The van der Waals surface area contributed by atoms with Crippen LogP contribution in [0, 0.1) is 23.3 Å². The van der Waals surface area contributed by atoms with Gasteiger partial charge < -0.3 is 5.11 Å². The molecule has 0 bridgehead atoms. The Morgan fingerprint density at radius 1 is 0.938 bits per heavy atom. The van der Waals surface area contributed by atoms with Gasteiger partial charge in [0.2, 0.25) is 0 Å². The van der Waals surface area contributed by atoms with Crippen molar-refractivity contribution in [1.29, 1.82) is 0 Å². The van der Waals surface area contributed by atoms with Gasteiger partial charge in [0.15, 0.2) is 29.4 Å². The zero-order chi connectivity index (χ0) is 12.7. The van der Waals surface area contributed by atoms with Crippen LogP contribution in [0.3, 0.4) is 0 Å². The van der Waals surface area contributed by atoms with Crippen LogP contribution < -0.4 is 0 Å². The Balaban J connectivity index is 3.44. The summed E-state index contributed by atoms with van der Waals surface area (Å²) in [5.41, 5.74) is -2.09. The van der Waals surface area contributed by atoms with Gasteiger partial charge in [-0.15, -0.1) is 0 Å². The first-order valence-corrected chi connectivity index (χ1v) is 3.74. The van der Waals surface area contributed by atoms with E-state index in [0.717, 1.165) is 0 Å². The first-order valence-electron chi connectivity index (χ1n) is 3.74. The Labute approximate surface area is 84.1 Å². The maximum absolute atomic E-state index is 12.8. The molecule has 0 unspecified atom stereocenters. The highest BCUT2D eigenvalue weighted by Crippen LogP contribution is 2.36. The second-order valence-corrected chi connectivity index (χ2v) is 2.83. The van der Waals surface area contributed by atoms with E-state index in [1.54, 1.807) is 0 Å². The number of hydrogen-bond acceptors (Lipinski definition) is 1. The largest absolute Gasteiger partial charge is 0.418 e. The van der Waals surface area contributed by atoms with Crippen molar-refractivity contribution >= 4 is 0 Å². The summed E-state index contributed by atoms with van der Waals surface area (Å²) in [5.74, 6) is -8.58. The molecular weight excluding hydrogens is 245 g/mol. The maximum atomic E-state index is 12.8. The average Bonchev–Trinajstić information content (AvgIpc) is 2.13. The number of benzene rings is 1. The van der Waals surface area contributed by atoms with Crippen molar-refractivity contribution in [2.45, 2.75) is 12.3 Å². The fourth-order valence-electron chi connectivity index (χ4n) is 0.995. The Morgan fingerprint density at radius 2 is 1.31 bits per heavy atom. The first kappa shape index (κ1) is 12.8. The van der Waals surface area contributed by atoms with Crippen molar-refractivity contribution in [3.63, 3.8) is 0 Å². The fourth-order valence-corrected chi connectivity index (χ4v) is 0.995. The van der Waals surface area contributed by atoms with Gasteiger partial charge in [-0.1, -0.05) is 0 Å². The van der Waals surface area contributed by atoms with E-state index < -0.39 is 41.1 Å². The van der Waals surface area contributed by atoms with Gasteiger partial charge in [-0.2, -0.15) is 13.2 Å². The molecule has 1 atom stereocenters. The number of aliphatic hydroxyl groups is 1. The van der Waals surface area contributed by atoms with Crippen molar-refractivity contribution in [1.82, 2.24) is 0 Å². The Morgan fingerprint density at radius 3 is 1.62 bits per heavy atom. The molecule has 1 rings (SSSR count). The molecule has 0 saturated carbocycles. The van der Waals surface area contributed by atoms with E-state index in [2.05, 4.69) is 0 Å². The predicted molar refractivity (Wildman–Crippen MR) is 37.3 cm³/mol. The van der Waals surface area contributed by atoms with Gasteiger partial charge in [0.1, 0.15) is 0 Å². The van der Waals surface area contributed by atoms with Gasteiger partial charge in [0, 0.05) is 6.07 Å². The molecule has 8 heteroatoms. The fraction of sp³-hybridized carbons (Fsp3) is 0.250. The summed E-state index contributed by atoms with van der Waals surface area (Å²) in [5, 5.41) is 8.53. The summed E-state index contributed by atoms with van der Waals surface area (Å²) >= 11 is 0. The molecule has 1 aromatic rings. The zero-order valence-electron chi connectivity index (χ0n) is 7.25. The molecule has 0 amide bonds. The summed E-state index contributed by atoms with van der Waals surface area (Å²) in [4.78, 5) is 0. The highest BCUT2D eigenvalue weighted by molar-refractivity contribution is 5.25. The van der Waals surface area contributed by atoms with Crippen LogP contribution in [0.4, 0.5) is 30.7 Å². The van der Waals surface area contributed by atoms with Crippen LogP contribution in [0.2, 0.25) is 0 Å². The van der Waals surface area contributed by atoms with Gasteiger partial charge in [-0.3, -0.25) is 0 Å². The van der Waals surface area contributed by atoms with Gasteiger partial charge in [-0.25, -0.2) is 17.6 Å². The molecule has 0 aliphatic rings. The van der Waals surface area contributed by atoms with E-state index in [0.29, 0.717) is 0 Å². The van der Waals surface area contributed by atoms with E-state index in [1.165, 1.54) is 0 Å². The summed E-state index contributed by atoms with van der Waals surface area (Å²) in [7, 11) is 0. The molecule has 0 aliphatic heterocycles. The van der Waals surface area contributed by atoms with Crippen molar-refractivity contribution in [3.8, 4) is 0 Å². The second-order valence-electron chi connectivity index (χ2n) is 2.83. The molecule has 0 spiro atoms. The van der Waals surface area contributed by atoms with Crippen LogP contribution >= 0.6 is 0 Å². The molecule has 1 N–H and O–H groups in total. The monoisotopic (exact) mass is 248 g/mol. The maximum Gasteiger partial charge on any atom is 0.418 e. The first-order chi connectivity index (χ1) is 7.16. The van der Waals surface area contributed by atoms with Crippen molar-refractivity contribution in [3.05, 3.63) is 34.9 Å². The lowest BCUT2D eigenvalue weighted by atomic mass is 10.1. The lowest BCUT2D eigenvalue weighted by Gasteiger charge is -2.16. The van der Waals surface area contributed by atoms with Crippen LogP contribution in [0.25, 0.3) is 0 Å². The zero-order valence-corrected chi connectivity index (χ0v) is 7.25. The number of aliphatic hydroxyl groups excluding tert-OH is 1. The molecule has 0 aliphatic carbocycles. The Hall–Kier alpha value is -1.31. The van der Waals surface area contributed by atoms with Gasteiger partial charge >= 0.3 is 6.18 Å². The van der Waals surface area contributed by atoms with E-state index in [4.69, 9.17) is 5.11 Å². The number of hydrogen-bond donors (Lipinski definition) is 1. The van der Waals surface area contributed by atoms with Gasteiger partial charge in [0.05, 0.1) is 5.56 Å². The third-order valence-electron chi connectivity index (χ3n) is 1.73. The smallest absolute Gasteiger partial charge is 0.379 e. The molecular formula is C8H3F7O. The second kappa shape index (κ2) is 3.93. The van der Waals surface area contributed by atoms with E-state index in [-0.39, 0.29) is 6.07 Å². The Kier molecular flexibility index (Phi) is 3.13. The van der Waals surface area contributed by atoms with Crippen molar-refractivity contribution in [2.24, 2.45) is 0 Å². The minimum Gasteiger partial charge on any atom is -0.379 e. The van der Waals surface area contributed by atoms with Crippen molar-refractivity contribution < 1.29 is 35.8 Å². The highest BCUT2D eigenvalue weighted by atomic mass is 19.4. The minimum atomic E-state index is -5.43. The molecule has 1 aromatic carbocycles. The van der Waals surface area contributed by atoms with E-state index in [9.17, 15) is 30.7 Å². The standard InChI is InChI=1S/C8H3F7O/c9-2-1-3(10)6(12)4(5(2)11)7(16)8(13,14)15/h1,7,16H/t7-/m0/s1. The lowest BCUT2D eigenvalue weighted by molar-refractivity contribution is -0.208. The summed E-state index contributed by atoms with van der Waals surface area (Å²) in [6.07, 6.45) is -9.06. The molecule has 0 fully saturated rings. The minimum absolute atomic E-state index is 0.253. The van der Waals surface area contributed by atoms with Crippen LogP contribution in [0.15, 0.2) is 6.07 Å². The van der Waals surface area contributed by atoms with Crippen LogP contribution in [0.5, 0.6) is 0 Å². The quantitative estimate of drug-likeness (QED) is 0.598. The average molecular weight is 248 g/mol. The van der Waals surface area contributed by atoms with Gasteiger partial charge in [-0.05, 0) is 0 Å². The summed E-state index contributed by atoms with van der Waals surface area (Å²) in [6, 6.07) is -0.253. The highest BCUT2D eigenvalue weighted by Gasteiger charge is 2.43. The normalized spacial score (nSPS) is 14.0. The molecule has 0 radical (unpaired) electrons. The third-order valence-corrected chi connectivity index (χ3v) is 1.73. The topological polar surface area (TPSA) is 20.2 Å². The number of halogens is 7. The molecule has 90 valence electrons. The molecule has 16 heavy (non-hydrogen) atoms.